The number of rotatable bonds is 5. The summed E-state index contributed by atoms with van der Waals surface area (Å²) >= 11 is 5.12. The fraction of sp³-hybridized carbons (Fsp3) is 0.300. The average molecular weight is 372 g/mol. The maximum Gasteiger partial charge on any atom is 0.276 e. The molecule has 2 rings (SSSR count). The molecule has 0 aromatic heterocycles. The summed E-state index contributed by atoms with van der Waals surface area (Å²) in [7, 11) is 0. The maximum absolute atomic E-state index is 11.8. The van der Waals surface area contributed by atoms with E-state index in [1.54, 1.807) is 0 Å². The molecule has 3 N–H and O–H groups in total. The summed E-state index contributed by atoms with van der Waals surface area (Å²) in [5.41, 5.74) is 7.57. The molecule has 0 spiro atoms. The van der Waals surface area contributed by atoms with E-state index >= 15 is 0 Å². The lowest BCUT2D eigenvalue weighted by atomic mass is 9.87. The second-order valence-corrected chi connectivity index (χ2v) is 7.31. The molecule has 0 aliphatic carbocycles. The molecule has 0 fully saturated rings. The summed E-state index contributed by atoms with van der Waals surface area (Å²) in [4.78, 5) is 11.8. The highest BCUT2D eigenvalue weighted by Gasteiger charge is 2.13. The first-order valence-electron chi connectivity index (χ1n) is 8.44. The van der Waals surface area contributed by atoms with Crippen LogP contribution in [0.3, 0.4) is 0 Å². The zero-order valence-electron chi connectivity index (χ0n) is 15.3. The van der Waals surface area contributed by atoms with Gasteiger partial charge in [0.05, 0.1) is 0 Å². The van der Waals surface area contributed by atoms with Crippen molar-refractivity contribution < 1.29 is 9.53 Å². The second-order valence-electron chi connectivity index (χ2n) is 6.90. The van der Waals surface area contributed by atoms with Gasteiger partial charge in [-0.2, -0.15) is 0 Å². The summed E-state index contributed by atoms with van der Waals surface area (Å²) in [6.07, 6.45) is 0. The average Bonchev–Trinajstić information content (AvgIpc) is 2.63. The number of thiocarbonyl (C=S) groups is 1. The summed E-state index contributed by atoms with van der Waals surface area (Å²) in [5, 5.41) is 3.36. The molecule has 2 aromatic rings. The lowest BCUT2D eigenvalue weighted by Gasteiger charge is -2.19. The summed E-state index contributed by atoms with van der Waals surface area (Å²) in [6, 6.07) is 17.6. The number of hydrogen-bond donors (Lipinski definition) is 3. The van der Waals surface area contributed by atoms with Crippen LogP contribution >= 0.6 is 12.2 Å². The van der Waals surface area contributed by atoms with Crippen molar-refractivity contribution in [1.82, 2.24) is 16.2 Å². The Morgan fingerprint density at radius 3 is 2.27 bits per heavy atom. The van der Waals surface area contributed by atoms with Gasteiger partial charge in [0.1, 0.15) is 5.75 Å². The van der Waals surface area contributed by atoms with Crippen LogP contribution in [0.5, 0.6) is 5.75 Å². The highest BCUT2D eigenvalue weighted by atomic mass is 32.1. The standard InChI is InChI=1S/C20H25N3O2S/c1-20(2,3)16-9-11-17(12-10-16)25-14-18(24)22-23-19(26)21-13-15-7-5-4-6-8-15/h4-12H,13-14H2,1-3H3,(H,22,24)(H2,21,23,26). The number of benzene rings is 2. The van der Waals surface area contributed by atoms with E-state index in [1.807, 2.05) is 54.6 Å². The van der Waals surface area contributed by atoms with E-state index in [4.69, 9.17) is 17.0 Å². The SMILES string of the molecule is CC(C)(C)c1ccc(OCC(=O)NNC(=S)NCc2ccccc2)cc1. The first kappa shape index (κ1) is 19.7. The number of hydrazine groups is 1. The first-order chi connectivity index (χ1) is 12.3. The molecule has 0 heterocycles. The van der Waals surface area contributed by atoms with Crippen molar-refractivity contribution in [2.75, 3.05) is 6.61 Å². The van der Waals surface area contributed by atoms with Crippen molar-refractivity contribution in [3.8, 4) is 5.75 Å². The van der Waals surface area contributed by atoms with Gasteiger partial charge < -0.3 is 10.1 Å². The lowest BCUT2D eigenvalue weighted by molar-refractivity contribution is -0.123. The van der Waals surface area contributed by atoms with E-state index in [-0.39, 0.29) is 17.9 Å². The molecule has 26 heavy (non-hydrogen) atoms. The van der Waals surface area contributed by atoms with E-state index in [9.17, 15) is 4.79 Å². The third-order valence-corrected chi connectivity index (χ3v) is 3.95. The van der Waals surface area contributed by atoms with Crippen molar-refractivity contribution in [3.05, 3.63) is 65.7 Å². The molecule has 138 valence electrons. The number of hydrogen-bond acceptors (Lipinski definition) is 3. The zero-order chi connectivity index (χ0) is 19.0. The van der Waals surface area contributed by atoms with E-state index < -0.39 is 0 Å². The number of carbonyl (C=O) groups excluding carboxylic acids is 1. The van der Waals surface area contributed by atoms with Crippen LogP contribution in [-0.2, 0) is 16.8 Å². The Morgan fingerprint density at radius 2 is 1.65 bits per heavy atom. The molecule has 6 heteroatoms. The lowest BCUT2D eigenvalue weighted by Crippen LogP contribution is -2.48. The van der Waals surface area contributed by atoms with Gasteiger partial charge >= 0.3 is 0 Å². The van der Waals surface area contributed by atoms with Gasteiger partial charge in [-0.3, -0.25) is 15.6 Å². The van der Waals surface area contributed by atoms with Crippen molar-refractivity contribution >= 4 is 23.2 Å². The van der Waals surface area contributed by atoms with Crippen LogP contribution < -0.4 is 20.9 Å². The van der Waals surface area contributed by atoms with Gasteiger partial charge in [0.25, 0.3) is 5.91 Å². The molecule has 0 aliphatic heterocycles. The van der Waals surface area contributed by atoms with Crippen LogP contribution in [0.1, 0.15) is 31.9 Å². The Kier molecular flexibility index (Phi) is 6.97. The minimum Gasteiger partial charge on any atom is -0.484 e. The number of carbonyl (C=O) groups is 1. The largest absolute Gasteiger partial charge is 0.484 e. The van der Waals surface area contributed by atoms with Crippen molar-refractivity contribution in [2.24, 2.45) is 0 Å². The van der Waals surface area contributed by atoms with Gasteiger partial charge in [-0.15, -0.1) is 0 Å². The molecule has 1 amide bonds. The molecule has 0 aliphatic rings. The predicted octanol–water partition coefficient (Wildman–Crippen LogP) is 3.06. The minimum absolute atomic E-state index is 0.0856. The Balaban J connectivity index is 1.67. The Labute approximate surface area is 160 Å². The highest BCUT2D eigenvalue weighted by molar-refractivity contribution is 7.80. The highest BCUT2D eigenvalue weighted by Crippen LogP contribution is 2.24. The second kappa shape index (κ2) is 9.20. The zero-order valence-corrected chi connectivity index (χ0v) is 16.2. The van der Waals surface area contributed by atoms with Gasteiger partial charge in [-0.25, -0.2) is 0 Å². The summed E-state index contributed by atoms with van der Waals surface area (Å²) < 4.78 is 5.48. The van der Waals surface area contributed by atoms with E-state index in [0.717, 1.165) is 5.56 Å². The molecule has 0 saturated carbocycles. The molecule has 0 bridgehead atoms. The van der Waals surface area contributed by atoms with Crippen LogP contribution in [0.25, 0.3) is 0 Å². The Bertz CT molecular complexity index is 725. The molecule has 0 saturated heterocycles. The number of ether oxygens (including phenoxy) is 1. The third kappa shape index (κ3) is 6.72. The quantitative estimate of drug-likeness (QED) is 0.557. The van der Waals surface area contributed by atoms with Crippen molar-refractivity contribution in [2.45, 2.75) is 32.7 Å². The smallest absolute Gasteiger partial charge is 0.276 e. The fourth-order valence-corrected chi connectivity index (χ4v) is 2.31. The van der Waals surface area contributed by atoms with Crippen molar-refractivity contribution in [3.63, 3.8) is 0 Å². The molecule has 2 aromatic carbocycles. The summed E-state index contributed by atoms with van der Waals surface area (Å²) in [6.45, 7) is 6.94. The van der Waals surface area contributed by atoms with Gasteiger partial charge in [-0.05, 0) is 40.9 Å². The molecular weight excluding hydrogens is 346 g/mol. The molecule has 0 unspecified atom stereocenters. The van der Waals surface area contributed by atoms with Gasteiger partial charge in [0, 0.05) is 6.54 Å². The number of amides is 1. The van der Waals surface area contributed by atoms with Gasteiger partial charge in [-0.1, -0.05) is 63.2 Å². The van der Waals surface area contributed by atoms with E-state index in [0.29, 0.717) is 17.4 Å². The van der Waals surface area contributed by atoms with Crippen LogP contribution in [0.15, 0.2) is 54.6 Å². The summed E-state index contributed by atoms with van der Waals surface area (Å²) in [5.74, 6) is 0.340. The third-order valence-electron chi connectivity index (χ3n) is 3.70. The Morgan fingerprint density at radius 1 is 1.00 bits per heavy atom. The molecular formula is C20H25N3O2S. The van der Waals surface area contributed by atoms with Crippen LogP contribution in [0.2, 0.25) is 0 Å². The van der Waals surface area contributed by atoms with Crippen LogP contribution in [0.4, 0.5) is 0 Å². The fourth-order valence-electron chi connectivity index (χ4n) is 2.18. The normalized spacial score (nSPS) is 10.7. The molecule has 0 radical (unpaired) electrons. The monoisotopic (exact) mass is 371 g/mol. The predicted molar refractivity (Wildman–Crippen MR) is 108 cm³/mol. The van der Waals surface area contributed by atoms with Crippen molar-refractivity contribution in [1.29, 1.82) is 0 Å². The van der Waals surface area contributed by atoms with Crippen LogP contribution in [0, 0.1) is 0 Å². The van der Waals surface area contributed by atoms with Crippen LogP contribution in [-0.4, -0.2) is 17.6 Å². The van der Waals surface area contributed by atoms with Gasteiger partial charge in [0.2, 0.25) is 0 Å². The minimum atomic E-state index is -0.311. The van der Waals surface area contributed by atoms with E-state index in [1.165, 1.54) is 5.56 Å². The van der Waals surface area contributed by atoms with Gasteiger partial charge in [0.15, 0.2) is 11.7 Å². The number of nitrogens with one attached hydrogen (secondary N) is 3. The maximum atomic E-state index is 11.8. The topological polar surface area (TPSA) is 62.4 Å². The molecule has 0 atom stereocenters. The Hall–Kier alpha value is -2.60. The first-order valence-corrected chi connectivity index (χ1v) is 8.85. The molecule has 5 nitrogen and oxygen atoms in total. The van der Waals surface area contributed by atoms with E-state index in [2.05, 4.69) is 36.9 Å².